The first-order valence-corrected chi connectivity index (χ1v) is 8.89. The second-order valence-corrected chi connectivity index (χ2v) is 6.65. The van der Waals surface area contributed by atoms with E-state index in [0.29, 0.717) is 18.8 Å². The van der Waals surface area contributed by atoms with Gasteiger partial charge in [0.1, 0.15) is 0 Å². The number of nitrogens with zero attached hydrogens (tertiary/aromatic N) is 5. The Morgan fingerprint density at radius 2 is 1.96 bits per heavy atom. The molecule has 0 bridgehead atoms. The quantitative estimate of drug-likeness (QED) is 0.847. The molecule has 0 spiro atoms. The molecule has 138 valence electrons. The van der Waals surface area contributed by atoms with E-state index in [1.807, 2.05) is 19.1 Å². The number of rotatable bonds is 5. The number of aromatic nitrogens is 4. The molecule has 1 aliphatic heterocycles. The first kappa shape index (κ1) is 18.0. The molecule has 0 aliphatic carbocycles. The highest BCUT2D eigenvalue weighted by Crippen LogP contribution is 2.21. The molecular formula is C18H24N6O2. The number of amides is 1. The largest absolute Gasteiger partial charge is 0.355 e. The maximum atomic E-state index is 12.4. The molecule has 8 heteroatoms. The van der Waals surface area contributed by atoms with E-state index in [1.54, 1.807) is 6.92 Å². The fraction of sp³-hybridized carbons (Fsp3) is 0.500. The summed E-state index contributed by atoms with van der Waals surface area (Å²) in [5.74, 6) is 0.908. The topological polar surface area (TPSA) is 93.0 Å². The van der Waals surface area contributed by atoms with Gasteiger partial charge < -0.3 is 10.2 Å². The van der Waals surface area contributed by atoms with Crippen molar-refractivity contribution < 1.29 is 4.79 Å². The van der Waals surface area contributed by atoms with E-state index in [2.05, 4.69) is 25.4 Å². The minimum absolute atomic E-state index is 0.00229. The minimum Gasteiger partial charge on any atom is -0.355 e. The summed E-state index contributed by atoms with van der Waals surface area (Å²) in [5, 5.41) is 11.2. The van der Waals surface area contributed by atoms with Gasteiger partial charge >= 0.3 is 0 Å². The highest BCUT2D eigenvalue weighted by molar-refractivity contribution is 5.78. The van der Waals surface area contributed by atoms with Crippen molar-refractivity contribution in [1.82, 2.24) is 25.1 Å². The highest BCUT2D eigenvalue weighted by Gasteiger charge is 2.25. The van der Waals surface area contributed by atoms with Crippen LogP contribution in [0.4, 0.5) is 5.82 Å². The highest BCUT2D eigenvalue weighted by atomic mass is 16.2. The normalized spacial score (nSPS) is 15.1. The molecule has 0 aromatic carbocycles. The molecule has 26 heavy (non-hydrogen) atoms. The van der Waals surface area contributed by atoms with Gasteiger partial charge in [-0.15, -0.1) is 5.10 Å². The number of carbonyl (C=O) groups is 1. The molecule has 0 radical (unpaired) electrons. The number of carbonyl (C=O) groups excluding carboxylic acids is 1. The molecule has 0 unspecified atom stereocenters. The molecule has 3 heterocycles. The van der Waals surface area contributed by atoms with Crippen LogP contribution in [0.2, 0.25) is 0 Å². The number of anilines is 1. The average Bonchev–Trinajstić information content (AvgIpc) is 2.64. The van der Waals surface area contributed by atoms with Crippen LogP contribution in [-0.4, -0.2) is 45.3 Å². The van der Waals surface area contributed by atoms with Crippen LogP contribution in [0.1, 0.15) is 24.2 Å². The summed E-state index contributed by atoms with van der Waals surface area (Å²) in [6.45, 7) is 6.12. The van der Waals surface area contributed by atoms with Gasteiger partial charge in [0.05, 0.1) is 12.0 Å². The summed E-state index contributed by atoms with van der Waals surface area (Å²) in [7, 11) is 0. The van der Waals surface area contributed by atoms with Gasteiger partial charge in [-0.25, -0.2) is 4.98 Å². The third kappa shape index (κ3) is 4.44. The standard InChI is InChI=1S/C18H24N6O2/c1-13-3-4-16(22-21-13)23-8-5-15(6-9-23)18(26)19-7-10-24-12-20-14(2)11-17(24)25/h3-4,11-12,15H,5-10H2,1-2H3,(H,19,26). The SMILES string of the molecule is Cc1cc(=O)n(CCNC(=O)C2CCN(c3ccc(C)nn3)CC2)cn1. The molecule has 1 amide bonds. The Morgan fingerprint density at radius 3 is 2.62 bits per heavy atom. The Labute approximate surface area is 152 Å². The Hall–Kier alpha value is -2.77. The minimum atomic E-state index is -0.0979. The maximum absolute atomic E-state index is 12.4. The average molecular weight is 356 g/mol. The van der Waals surface area contributed by atoms with Gasteiger partial charge in [0.25, 0.3) is 5.56 Å². The molecule has 0 atom stereocenters. The lowest BCUT2D eigenvalue weighted by atomic mass is 9.96. The molecule has 8 nitrogen and oxygen atoms in total. The van der Waals surface area contributed by atoms with Gasteiger partial charge in [-0.3, -0.25) is 14.2 Å². The fourth-order valence-corrected chi connectivity index (χ4v) is 3.06. The van der Waals surface area contributed by atoms with Crippen LogP contribution in [0, 0.1) is 19.8 Å². The van der Waals surface area contributed by atoms with Crippen LogP contribution in [0.5, 0.6) is 0 Å². The number of nitrogens with one attached hydrogen (secondary N) is 1. The van der Waals surface area contributed by atoms with Crippen molar-refractivity contribution in [2.45, 2.75) is 33.2 Å². The molecule has 0 saturated carbocycles. The van der Waals surface area contributed by atoms with Crippen molar-refractivity contribution in [3.05, 3.63) is 46.3 Å². The smallest absolute Gasteiger partial charge is 0.253 e. The molecule has 1 aliphatic rings. The van der Waals surface area contributed by atoms with Crippen LogP contribution in [0.25, 0.3) is 0 Å². The van der Waals surface area contributed by atoms with E-state index < -0.39 is 0 Å². The van der Waals surface area contributed by atoms with Gasteiger partial charge in [-0.2, -0.15) is 5.10 Å². The van der Waals surface area contributed by atoms with Gasteiger partial charge in [0, 0.05) is 43.9 Å². The van der Waals surface area contributed by atoms with Crippen molar-refractivity contribution in [1.29, 1.82) is 0 Å². The first-order chi connectivity index (χ1) is 12.5. The second-order valence-electron chi connectivity index (χ2n) is 6.65. The molecule has 3 rings (SSSR count). The maximum Gasteiger partial charge on any atom is 0.253 e. The first-order valence-electron chi connectivity index (χ1n) is 8.89. The summed E-state index contributed by atoms with van der Waals surface area (Å²) >= 11 is 0. The zero-order chi connectivity index (χ0) is 18.5. The van der Waals surface area contributed by atoms with Gasteiger partial charge in [-0.1, -0.05) is 0 Å². The summed E-state index contributed by atoms with van der Waals surface area (Å²) in [6, 6.07) is 5.41. The predicted molar refractivity (Wildman–Crippen MR) is 97.9 cm³/mol. The lowest BCUT2D eigenvalue weighted by Crippen LogP contribution is -2.42. The summed E-state index contributed by atoms with van der Waals surface area (Å²) in [6.07, 6.45) is 3.09. The summed E-state index contributed by atoms with van der Waals surface area (Å²) in [4.78, 5) is 30.4. The summed E-state index contributed by atoms with van der Waals surface area (Å²) < 4.78 is 1.51. The van der Waals surface area contributed by atoms with E-state index >= 15 is 0 Å². The van der Waals surface area contributed by atoms with Crippen molar-refractivity contribution in [2.75, 3.05) is 24.5 Å². The third-order valence-electron chi connectivity index (χ3n) is 4.64. The van der Waals surface area contributed by atoms with Crippen molar-refractivity contribution in [2.24, 2.45) is 5.92 Å². The Balaban J connectivity index is 1.45. The van der Waals surface area contributed by atoms with E-state index in [4.69, 9.17) is 0 Å². The molecule has 2 aromatic rings. The molecule has 1 N–H and O–H groups in total. The van der Waals surface area contributed by atoms with E-state index in [1.165, 1.54) is 17.0 Å². The Morgan fingerprint density at radius 1 is 1.19 bits per heavy atom. The third-order valence-corrected chi connectivity index (χ3v) is 4.64. The van der Waals surface area contributed by atoms with Crippen molar-refractivity contribution >= 4 is 11.7 Å². The molecule has 2 aromatic heterocycles. The fourth-order valence-electron chi connectivity index (χ4n) is 3.06. The van der Waals surface area contributed by atoms with Gasteiger partial charge in [-0.05, 0) is 38.8 Å². The van der Waals surface area contributed by atoms with Crippen LogP contribution in [0.15, 0.2) is 29.3 Å². The van der Waals surface area contributed by atoms with Gasteiger partial charge in [0.15, 0.2) is 5.82 Å². The predicted octanol–water partition coefficient (Wildman–Crippen LogP) is 0.683. The van der Waals surface area contributed by atoms with Crippen LogP contribution in [-0.2, 0) is 11.3 Å². The number of hydrogen-bond donors (Lipinski definition) is 1. The second kappa shape index (κ2) is 8.07. The zero-order valence-electron chi connectivity index (χ0n) is 15.2. The Kier molecular flexibility index (Phi) is 5.60. The van der Waals surface area contributed by atoms with Crippen LogP contribution >= 0.6 is 0 Å². The number of piperidine rings is 1. The van der Waals surface area contributed by atoms with E-state index in [9.17, 15) is 9.59 Å². The number of hydrogen-bond acceptors (Lipinski definition) is 6. The lowest BCUT2D eigenvalue weighted by Gasteiger charge is -2.31. The van der Waals surface area contributed by atoms with Crippen molar-refractivity contribution in [3.8, 4) is 0 Å². The van der Waals surface area contributed by atoms with Gasteiger partial charge in [0.2, 0.25) is 5.91 Å². The van der Waals surface area contributed by atoms with Crippen LogP contribution in [0.3, 0.4) is 0 Å². The molecule has 1 fully saturated rings. The van der Waals surface area contributed by atoms with Crippen molar-refractivity contribution in [3.63, 3.8) is 0 Å². The van der Waals surface area contributed by atoms with E-state index in [0.717, 1.165) is 37.4 Å². The Bertz CT molecular complexity index is 809. The molecular weight excluding hydrogens is 332 g/mol. The monoisotopic (exact) mass is 356 g/mol. The zero-order valence-corrected chi connectivity index (χ0v) is 15.2. The summed E-state index contributed by atoms with van der Waals surface area (Å²) in [5.41, 5.74) is 1.49. The number of aryl methyl sites for hydroxylation is 2. The van der Waals surface area contributed by atoms with E-state index in [-0.39, 0.29) is 17.4 Å². The van der Waals surface area contributed by atoms with Crippen LogP contribution < -0.4 is 15.8 Å². The molecule has 1 saturated heterocycles. The lowest BCUT2D eigenvalue weighted by molar-refractivity contribution is -0.125.